The predicted molar refractivity (Wildman–Crippen MR) is 92.4 cm³/mol. The maximum Gasteiger partial charge on any atom is 0.222 e. The maximum atomic E-state index is 12.5. The second-order valence-corrected chi connectivity index (χ2v) is 6.56. The van der Waals surface area contributed by atoms with E-state index >= 15 is 0 Å². The van der Waals surface area contributed by atoms with Crippen molar-refractivity contribution in [2.45, 2.75) is 32.6 Å². The summed E-state index contributed by atoms with van der Waals surface area (Å²) in [5, 5.41) is 3.49. The van der Waals surface area contributed by atoms with Gasteiger partial charge < -0.3 is 10.2 Å². The number of amides is 1. The molecule has 122 valence electrons. The maximum absolute atomic E-state index is 12.5. The highest BCUT2D eigenvalue weighted by Gasteiger charge is 2.31. The van der Waals surface area contributed by atoms with E-state index in [0.717, 1.165) is 44.4 Å². The van der Waals surface area contributed by atoms with Gasteiger partial charge in [-0.05, 0) is 62.2 Å². The number of hydrogen-bond acceptors (Lipinski definition) is 2. The lowest BCUT2D eigenvalue weighted by molar-refractivity contribution is -0.131. The van der Waals surface area contributed by atoms with Crippen molar-refractivity contribution in [1.29, 1.82) is 0 Å². The van der Waals surface area contributed by atoms with Gasteiger partial charge in [0.1, 0.15) is 0 Å². The van der Waals surface area contributed by atoms with E-state index in [2.05, 4.69) is 41.4 Å². The average Bonchev–Trinajstić information content (AvgIpc) is 2.85. The Labute approximate surface area is 139 Å². The largest absolute Gasteiger partial charge is 0.343 e. The van der Waals surface area contributed by atoms with Crippen LogP contribution in [0.5, 0.6) is 0 Å². The summed E-state index contributed by atoms with van der Waals surface area (Å²) in [6.45, 7) is 6.33. The lowest BCUT2D eigenvalue weighted by Crippen LogP contribution is -2.32. The van der Waals surface area contributed by atoms with Crippen LogP contribution in [0, 0.1) is 18.8 Å². The zero-order valence-electron chi connectivity index (χ0n) is 13.4. The standard InChI is InChI=1S/C18H26N2O.ClH/c1-14-4-2-3-5-15(14)6-7-18(21)20-10-8-16-12-19-13-17(16)9-11-20;/h2-5,16-17,19H,6-13H2,1H3;1H/t16-,17+;. The summed E-state index contributed by atoms with van der Waals surface area (Å²) in [6, 6.07) is 8.39. The third-order valence-electron chi connectivity index (χ3n) is 5.24. The van der Waals surface area contributed by atoms with Crippen LogP contribution >= 0.6 is 12.4 Å². The fraction of sp³-hybridized carbons (Fsp3) is 0.611. The van der Waals surface area contributed by atoms with Gasteiger partial charge in [0.05, 0.1) is 0 Å². The number of fused-ring (bicyclic) bond motifs is 1. The van der Waals surface area contributed by atoms with Gasteiger partial charge in [0.15, 0.2) is 0 Å². The molecule has 0 aliphatic carbocycles. The van der Waals surface area contributed by atoms with Gasteiger partial charge in [-0.3, -0.25) is 4.79 Å². The Morgan fingerprint density at radius 3 is 2.45 bits per heavy atom. The van der Waals surface area contributed by atoms with Crippen LogP contribution in [-0.2, 0) is 11.2 Å². The van der Waals surface area contributed by atoms with Crippen LogP contribution in [0.4, 0.5) is 0 Å². The smallest absolute Gasteiger partial charge is 0.222 e. The van der Waals surface area contributed by atoms with Gasteiger partial charge in [-0.1, -0.05) is 24.3 Å². The van der Waals surface area contributed by atoms with E-state index < -0.39 is 0 Å². The topological polar surface area (TPSA) is 32.3 Å². The Hall–Kier alpha value is -1.06. The van der Waals surface area contributed by atoms with Crippen molar-refractivity contribution in [3.63, 3.8) is 0 Å². The molecule has 2 saturated heterocycles. The summed E-state index contributed by atoms with van der Waals surface area (Å²) in [7, 11) is 0. The number of nitrogens with one attached hydrogen (secondary N) is 1. The highest BCUT2D eigenvalue weighted by Crippen LogP contribution is 2.27. The Bertz CT molecular complexity index is 492. The van der Waals surface area contributed by atoms with Crippen molar-refractivity contribution in [3.05, 3.63) is 35.4 Å². The van der Waals surface area contributed by atoms with E-state index in [9.17, 15) is 4.79 Å². The number of halogens is 1. The van der Waals surface area contributed by atoms with Crippen molar-refractivity contribution in [2.75, 3.05) is 26.2 Å². The van der Waals surface area contributed by atoms with E-state index in [1.165, 1.54) is 24.0 Å². The number of likely N-dealkylation sites (tertiary alicyclic amines) is 1. The number of nitrogens with zero attached hydrogens (tertiary/aromatic N) is 1. The first kappa shape index (κ1) is 17.3. The predicted octanol–water partition coefficient (Wildman–Crippen LogP) is 2.81. The molecule has 0 radical (unpaired) electrons. The summed E-state index contributed by atoms with van der Waals surface area (Å²) in [4.78, 5) is 14.6. The Kier molecular flexibility index (Phi) is 6.27. The summed E-state index contributed by atoms with van der Waals surface area (Å²) in [5.74, 6) is 1.92. The zero-order valence-corrected chi connectivity index (χ0v) is 14.2. The van der Waals surface area contributed by atoms with Crippen molar-refractivity contribution in [2.24, 2.45) is 11.8 Å². The third kappa shape index (κ3) is 4.02. The first-order valence-corrected chi connectivity index (χ1v) is 8.27. The fourth-order valence-electron chi connectivity index (χ4n) is 3.76. The van der Waals surface area contributed by atoms with Crippen LogP contribution < -0.4 is 5.32 Å². The van der Waals surface area contributed by atoms with Gasteiger partial charge in [0.25, 0.3) is 0 Å². The molecule has 0 unspecified atom stereocenters. The molecule has 2 fully saturated rings. The van der Waals surface area contributed by atoms with Crippen LogP contribution in [0.1, 0.15) is 30.4 Å². The van der Waals surface area contributed by atoms with E-state index in [-0.39, 0.29) is 12.4 Å². The molecular weight excluding hydrogens is 296 g/mol. The number of hydrogen-bond donors (Lipinski definition) is 1. The number of rotatable bonds is 3. The van der Waals surface area contributed by atoms with Gasteiger partial charge in [0, 0.05) is 19.5 Å². The minimum absolute atomic E-state index is 0. The van der Waals surface area contributed by atoms with E-state index in [0.29, 0.717) is 12.3 Å². The number of carbonyl (C=O) groups is 1. The van der Waals surface area contributed by atoms with Crippen molar-refractivity contribution in [1.82, 2.24) is 10.2 Å². The molecule has 0 aromatic heterocycles. The number of benzene rings is 1. The monoisotopic (exact) mass is 322 g/mol. The molecule has 22 heavy (non-hydrogen) atoms. The molecular formula is C18H27ClN2O. The van der Waals surface area contributed by atoms with Crippen molar-refractivity contribution >= 4 is 18.3 Å². The summed E-state index contributed by atoms with van der Waals surface area (Å²) < 4.78 is 0. The first-order chi connectivity index (χ1) is 10.2. The quantitative estimate of drug-likeness (QED) is 0.928. The molecule has 0 bridgehead atoms. The summed E-state index contributed by atoms with van der Waals surface area (Å²) in [5.41, 5.74) is 2.60. The first-order valence-electron chi connectivity index (χ1n) is 8.27. The molecule has 2 heterocycles. The van der Waals surface area contributed by atoms with Crippen LogP contribution in [0.15, 0.2) is 24.3 Å². The fourth-order valence-corrected chi connectivity index (χ4v) is 3.76. The molecule has 3 nitrogen and oxygen atoms in total. The van der Waals surface area contributed by atoms with Gasteiger partial charge in [-0.15, -0.1) is 12.4 Å². The SMILES string of the molecule is Cc1ccccc1CCC(=O)N1CC[C@@H]2CNC[C@@H]2CC1.Cl. The molecule has 3 rings (SSSR count). The van der Waals surface area contributed by atoms with Crippen LogP contribution in [0.25, 0.3) is 0 Å². The second kappa shape index (κ2) is 7.98. The molecule has 0 spiro atoms. The molecule has 1 aromatic rings. The Morgan fingerprint density at radius 1 is 1.18 bits per heavy atom. The van der Waals surface area contributed by atoms with Gasteiger partial charge in [0.2, 0.25) is 5.91 Å². The lowest BCUT2D eigenvalue weighted by atomic mass is 9.92. The highest BCUT2D eigenvalue weighted by atomic mass is 35.5. The summed E-state index contributed by atoms with van der Waals surface area (Å²) >= 11 is 0. The lowest BCUT2D eigenvalue weighted by Gasteiger charge is -2.21. The minimum Gasteiger partial charge on any atom is -0.343 e. The minimum atomic E-state index is 0. The Morgan fingerprint density at radius 2 is 1.82 bits per heavy atom. The second-order valence-electron chi connectivity index (χ2n) is 6.56. The van der Waals surface area contributed by atoms with Crippen molar-refractivity contribution < 1.29 is 4.79 Å². The van der Waals surface area contributed by atoms with Gasteiger partial charge >= 0.3 is 0 Å². The molecule has 1 amide bonds. The molecule has 2 aliphatic rings. The average molecular weight is 323 g/mol. The highest BCUT2D eigenvalue weighted by molar-refractivity contribution is 5.85. The van der Waals surface area contributed by atoms with Gasteiger partial charge in [-0.25, -0.2) is 0 Å². The zero-order chi connectivity index (χ0) is 14.7. The molecule has 0 saturated carbocycles. The molecule has 2 atom stereocenters. The normalized spacial score (nSPS) is 24.3. The number of aryl methyl sites for hydroxylation is 2. The van der Waals surface area contributed by atoms with E-state index in [1.54, 1.807) is 0 Å². The third-order valence-corrected chi connectivity index (χ3v) is 5.24. The van der Waals surface area contributed by atoms with E-state index in [4.69, 9.17) is 0 Å². The van der Waals surface area contributed by atoms with Gasteiger partial charge in [-0.2, -0.15) is 0 Å². The van der Waals surface area contributed by atoms with E-state index in [1.807, 2.05) is 0 Å². The number of carbonyl (C=O) groups excluding carboxylic acids is 1. The van der Waals surface area contributed by atoms with Crippen LogP contribution in [0.3, 0.4) is 0 Å². The van der Waals surface area contributed by atoms with Crippen LogP contribution in [-0.4, -0.2) is 37.0 Å². The summed E-state index contributed by atoms with van der Waals surface area (Å²) in [6.07, 6.45) is 3.87. The molecule has 1 aromatic carbocycles. The molecule has 1 N–H and O–H groups in total. The molecule has 2 aliphatic heterocycles. The van der Waals surface area contributed by atoms with Crippen molar-refractivity contribution in [3.8, 4) is 0 Å². The van der Waals surface area contributed by atoms with Crippen LogP contribution in [0.2, 0.25) is 0 Å². The Balaban J connectivity index is 0.00000176. The molecule has 4 heteroatoms.